The van der Waals surface area contributed by atoms with Crippen LogP contribution in [0.5, 0.6) is 0 Å². The minimum Gasteiger partial charge on any atom is -0.311 e. The van der Waals surface area contributed by atoms with E-state index in [1.807, 2.05) is 11.3 Å². The molecule has 1 aliphatic rings. The number of thiophene rings is 1. The molecule has 1 heterocycles. The van der Waals surface area contributed by atoms with Gasteiger partial charge in [0.15, 0.2) is 0 Å². The lowest BCUT2D eigenvalue weighted by Gasteiger charge is -2.43. The third kappa shape index (κ3) is 2.43. The van der Waals surface area contributed by atoms with Gasteiger partial charge in [-0.1, -0.05) is 12.5 Å². The zero-order valence-electron chi connectivity index (χ0n) is 9.97. The Morgan fingerprint density at radius 3 is 2.53 bits per heavy atom. The van der Waals surface area contributed by atoms with Gasteiger partial charge in [-0.25, -0.2) is 0 Å². The number of rotatable bonds is 3. The van der Waals surface area contributed by atoms with E-state index in [9.17, 15) is 0 Å². The van der Waals surface area contributed by atoms with E-state index in [-0.39, 0.29) is 5.54 Å². The summed E-state index contributed by atoms with van der Waals surface area (Å²) in [5.74, 6) is 0. The molecule has 1 fully saturated rings. The van der Waals surface area contributed by atoms with E-state index in [1.165, 1.54) is 19.3 Å². The summed E-state index contributed by atoms with van der Waals surface area (Å²) < 4.78 is 0. The summed E-state index contributed by atoms with van der Waals surface area (Å²) in [4.78, 5) is 1.57. The zero-order chi connectivity index (χ0) is 10.9. The normalized spacial score (nSPS) is 19.9. The van der Waals surface area contributed by atoms with Crippen LogP contribution in [0.4, 0.5) is 0 Å². The minimum absolute atomic E-state index is 0.236. The van der Waals surface area contributed by atoms with Crippen molar-refractivity contribution in [3.8, 4) is 0 Å². The first-order valence-electron chi connectivity index (χ1n) is 5.81. The van der Waals surface area contributed by atoms with Gasteiger partial charge in [0.2, 0.25) is 0 Å². The van der Waals surface area contributed by atoms with E-state index in [0.717, 1.165) is 6.54 Å². The number of hydrogen-bond acceptors (Lipinski definition) is 2. The molecule has 1 aliphatic carbocycles. The quantitative estimate of drug-likeness (QED) is 0.826. The van der Waals surface area contributed by atoms with Crippen molar-refractivity contribution in [1.29, 1.82) is 0 Å². The summed E-state index contributed by atoms with van der Waals surface area (Å²) in [6.45, 7) is 7.87. The van der Waals surface area contributed by atoms with Gasteiger partial charge in [0.25, 0.3) is 0 Å². The maximum atomic E-state index is 3.66. The largest absolute Gasteiger partial charge is 0.311 e. The van der Waals surface area contributed by atoms with E-state index < -0.39 is 0 Å². The Labute approximate surface area is 96.9 Å². The molecule has 1 saturated carbocycles. The van der Waals surface area contributed by atoms with E-state index in [1.54, 1.807) is 4.88 Å². The summed E-state index contributed by atoms with van der Waals surface area (Å²) in [7, 11) is 0. The van der Waals surface area contributed by atoms with Gasteiger partial charge in [0.05, 0.1) is 0 Å². The van der Waals surface area contributed by atoms with Crippen LogP contribution >= 0.6 is 11.3 Å². The molecule has 1 nitrogen and oxygen atoms in total. The molecule has 0 amide bonds. The SMILES string of the molecule is CC(C)(C)NCC1(c2cccs2)CCC1. The zero-order valence-corrected chi connectivity index (χ0v) is 10.8. The van der Waals surface area contributed by atoms with E-state index in [4.69, 9.17) is 0 Å². The van der Waals surface area contributed by atoms with Crippen LogP contribution in [-0.2, 0) is 5.41 Å². The Balaban J connectivity index is 2.04. The van der Waals surface area contributed by atoms with Crippen molar-refractivity contribution in [2.75, 3.05) is 6.54 Å². The van der Waals surface area contributed by atoms with Gasteiger partial charge in [-0.05, 0) is 45.1 Å². The second-order valence-electron chi connectivity index (χ2n) is 5.71. The fourth-order valence-electron chi connectivity index (χ4n) is 2.13. The maximum absolute atomic E-state index is 3.66. The van der Waals surface area contributed by atoms with Gasteiger partial charge in [-0.2, -0.15) is 0 Å². The van der Waals surface area contributed by atoms with Crippen LogP contribution in [0.25, 0.3) is 0 Å². The Bertz CT molecular complexity index is 304. The van der Waals surface area contributed by atoms with E-state index in [0.29, 0.717) is 5.41 Å². The molecule has 0 saturated heterocycles. The van der Waals surface area contributed by atoms with Crippen molar-refractivity contribution in [1.82, 2.24) is 5.32 Å². The van der Waals surface area contributed by atoms with Gasteiger partial charge in [0.1, 0.15) is 0 Å². The predicted molar refractivity (Wildman–Crippen MR) is 67.6 cm³/mol. The van der Waals surface area contributed by atoms with Gasteiger partial charge in [-0.15, -0.1) is 11.3 Å². The molecule has 15 heavy (non-hydrogen) atoms. The third-order valence-corrected chi connectivity index (χ3v) is 4.43. The Kier molecular flexibility index (Phi) is 2.91. The maximum Gasteiger partial charge on any atom is 0.0172 e. The predicted octanol–water partition coefficient (Wildman–Crippen LogP) is 3.56. The van der Waals surface area contributed by atoms with E-state index in [2.05, 4.69) is 43.6 Å². The average Bonchev–Trinajstić information content (AvgIpc) is 2.53. The number of nitrogens with one attached hydrogen (secondary N) is 1. The highest BCUT2D eigenvalue weighted by Gasteiger charge is 2.39. The van der Waals surface area contributed by atoms with Crippen LogP contribution in [0.2, 0.25) is 0 Å². The molecule has 84 valence electrons. The van der Waals surface area contributed by atoms with Crippen LogP contribution in [0, 0.1) is 0 Å². The Morgan fingerprint density at radius 1 is 1.40 bits per heavy atom. The van der Waals surface area contributed by atoms with Crippen LogP contribution in [0.15, 0.2) is 17.5 Å². The highest BCUT2D eigenvalue weighted by atomic mass is 32.1. The fraction of sp³-hybridized carbons (Fsp3) is 0.692. The van der Waals surface area contributed by atoms with Crippen molar-refractivity contribution in [2.24, 2.45) is 0 Å². The van der Waals surface area contributed by atoms with Crippen molar-refractivity contribution in [2.45, 2.75) is 51.0 Å². The second kappa shape index (κ2) is 3.91. The van der Waals surface area contributed by atoms with Gasteiger partial charge < -0.3 is 5.32 Å². The van der Waals surface area contributed by atoms with Gasteiger partial charge in [-0.3, -0.25) is 0 Å². The van der Waals surface area contributed by atoms with Crippen LogP contribution in [0.1, 0.15) is 44.9 Å². The minimum atomic E-state index is 0.236. The van der Waals surface area contributed by atoms with Crippen LogP contribution < -0.4 is 5.32 Å². The van der Waals surface area contributed by atoms with Crippen molar-refractivity contribution in [3.05, 3.63) is 22.4 Å². The number of hydrogen-bond donors (Lipinski definition) is 1. The smallest absolute Gasteiger partial charge is 0.0172 e. The van der Waals surface area contributed by atoms with Crippen molar-refractivity contribution >= 4 is 11.3 Å². The second-order valence-corrected chi connectivity index (χ2v) is 6.66. The van der Waals surface area contributed by atoms with Crippen molar-refractivity contribution in [3.63, 3.8) is 0 Å². The third-order valence-electron chi connectivity index (χ3n) is 3.31. The highest BCUT2D eigenvalue weighted by molar-refractivity contribution is 7.10. The van der Waals surface area contributed by atoms with Crippen LogP contribution in [-0.4, -0.2) is 12.1 Å². The van der Waals surface area contributed by atoms with Crippen molar-refractivity contribution < 1.29 is 0 Å². The molecule has 1 aromatic rings. The molecule has 0 aliphatic heterocycles. The molecule has 0 bridgehead atoms. The highest BCUT2D eigenvalue weighted by Crippen LogP contribution is 2.45. The summed E-state index contributed by atoms with van der Waals surface area (Å²) >= 11 is 1.92. The molecule has 0 radical (unpaired) electrons. The summed E-state index contributed by atoms with van der Waals surface area (Å²) in [6, 6.07) is 4.48. The molecule has 0 aromatic carbocycles. The molecule has 0 spiro atoms. The first-order valence-corrected chi connectivity index (χ1v) is 6.69. The molecule has 0 unspecified atom stereocenters. The van der Waals surface area contributed by atoms with E-state index >= 15 is 0 Å². The molecule has 2 heteroatoms. The van der Waals surface area contributed by atoms with Gasteiger partial charge >= 0.3 is 0 Å². The molecule has 1 N–H and O–H groups in total. The average molecular weight is 223 g/mol. The monoisotopic (exact) mass is 223 g/mol. The first kappa shape index (κ1) is 11.2. The lowest BCUT2D eigenvalue weighted by Crippen LogP contribution is -2.49. The molecular weight excluding hydrogens is 202 g/mol. The lowest BCUT2D eigenvalue weighted by atomic mass is 9.67. The van der Waals surface area contributed by atoms with Crippen LogP contribution in [0.3, 0.4) is 0 Å². The molecule has 2 rings (SSSR count). The first-order chi connectivity index (χ1) is 7.02. The molecular formula is C13H21NS. The summed E-state index contributed by atoms with van der Waals surface area (Å²) in [5.41, 5.74) is 0.696. The molecule has 0 atom stereocenters. The van der Waals surface area contributed by atoms with Gasteiger partial charge in [0, 0.05) is 22.4 Å². The lowest BCUT2D eigenvalue weighted by molar-refractivity contribution is 0.217. The standard InChI is InChI=1S/C13H21NS/c1-12(2,3)14-10-13(7-5-8-13)11-6-4-9-15-11/h4,6,9,14H,5,7-8,10H2,1-3H3. The Morgan fingerprint density at radius 2 is 2.13 bits per heavy atom. The Hall–Kier alpha value is -0.340. The fourth-order valence-corrected chi connectivity index (χ4v) is 3.12. The summed E-state index contributed by atoms with van der Waals surface area (Å²) in [6.07, 6.45) is 4.11. The topological polar surface area (TPSA) is 12.0 Å². The molecule has 1 aromatic heterocycles. The summed E-state index contributed by atoms with van der Waals surface area (Å²) in [5, 5.41) is 5.86.